The largest absolute Gasteiger partial charge is 0.351 e. The van der Waals surface area contributed by atoms with E-state index >= 15 is 0 Å². The summed E-state index contributed by atoms with van der Waals surface area (Å²) in [5.74, 6) is -2.81. The van der Waals surface area contributed by atoms with E-state index < -0.39 is 23.5 Å². The van der Waals surface area contributed by atoms with Gasteiger partial charge in [-0.25, -0.2) is 13.2 Å². The number of benzene rings is 3. The molecule has 3 aromatic carbocycles. The summed E-state index contributed by atoms with van der Waals surface area (Å²) in [5, 5.41) is 3.00. The Balaban J connectivity index is 1.43. The van der Waals surface area contributed by atoms with Gasteiger partial charge in [0.05, 0.1) is 5.92 Å². The van der Waals surface area contributed by atoms with E-state index in [1.807, 2.05) is 0 Å². The average molecular weight is 438 g/mol. The Hall–Kier alpha value is -3.12. The van der Waals surface area contributed by atoms with Crippen LogP contribution in [0.3, 0.4) is 0 Å². The van der Waals surface area contributed by atoms with Crippen molar-refractivity contribution in [2.45, 2.75) is 24.8 Å². The molecule has 0 bridgehead atoms. The molecule has 32 heavy (non-hydrogen) atoms. The second-order valence-electron chi connectivity index (χ2n) is 8.15. The van der Waals surface area contributed by atoms with E-state index in [0.717, 1.165) is 31.5 Å². The first-order chi connectivity index (χ1) is 15.5. The molecule has 1 aliphatic rings. The van der Waals surface area contributed by atoms with Crippen LogP contribution in [0.2, 0.25) is 0 Å². The number of nitrogens with zero attached hydrogens (tertiary/aromatic N) is 1. The summed E-state index contributed by atoms with van der Waals surface area (Å²) in [4.78, 5) is 15.5. The van der Waals surface area contributed by atoms with E-state index in [4.69, 9.17) is 0 Å². The molecule has 1 heterocycles. The zero-order valence-corrected chi connectivity index (χ0v) is 17.6. The summed E-state index contributed by atoms with van der Waals surface area (Å²) in [5.41, 5.74) is 1.36. The molecule has 0 spiro atoms. The Kier molecular flexibility index (Phi) is 6.90. The van der Waals surface area contributed by atoms with E-state index in [1.165, 1.54) is 36.4 Å². The number of hydrogen-bond donors (Lipinski definition) is 1. The van der Waals surface area contributed by atoms with E-state index in [-0.39, 0.29) is 23.0 Å². The van der Waals surface area contributed by atoms with Crippen molar-refractivity contribution in [2.75, 3.05) is 19.6 Å². The van der Waals surface area contributed by atoms with Crippen molar-refractivity contribution < 1.29 is 18.0 Å². The van der Waals surface area contributed by atoms with Crippen molar-refractivity contribution >= 4 is 5.91 Å². The third-order valence-electron chi connectivity index (χ3n) is 5.94. The van der Waals surface area contributed by atoms with Gasteiger partial charge in [0.25, 0.3) is 0 Å². The smallest absolute Gasteiger partial charge is 0.232 e. The quantitative estimate of drug-likeness (QED) is 0.582. The fourth-order valence-electron chi connectivity index (χ4n) is 4.24. The highest BCUT2D eigenvalue weighted by atomic mass is 19.1. The van der Waals surface area contributed by atoms with E-state index in [0.29, 0.717) is 6.54 Å². The van der Waals surface area contributed by atoms with E-state index in [2.05, 4.69) is 10.2 Å². The monoisotopic (exact) mass is 438 g/mol. The molecule has 1 saturated heterocycles. The highest BCUT2D eigenvalue weighted by Crippen LogP contribution is 2.29. The molecular formula is C26H25F3N2O. The minimum Gasteiger partial charge on any atom is -0.351 e. The molecule has 1 N–H and O–H groups in total. The highest BCUT2D eigenvalue weighted by Gasteiger charge is 2.31. The molecular weight excluding hydrogens is 413 g/mol. The normalized spacial score (nSPS) is 16.4. The second-order valence-corrected chi connectivity index (χ2v) is 8.15. The highest BCUT2D eigenvalue weighted by molar-refractivity contribution is 5.87. The van der Waals surface area contributed by atoms with Crippen LogP contribution in [0.15, 0.2) is 72.8 Å². The number of carbonyl (C=O) groups excluding carboxylic acids is 1. The molecule has 0 radical (unpaired) electrons. The van der Waals surface area contributed by atoms with Gasteiger partial charge in [-0.15, -0.1) is 0 Å². The zero-order valence-electron chi connectivity index (χ0n) is 17.6. The number of hydrogen-bond acceptors (Lipinski definition) is 2. The Morgan fingerprint density at radius 2 is 1.50 bits per heavy atom. The average Bonchev–Trinajstić information content (AvgIpc) is 3.23. The van der Waals surface area contributed by atoms with Gasteiger partial charge in [0, 0.05) is 36.8 Å². The van der Waals surface area contributed by atoms with Gasteiger partial charge >= 0.3 is 0 Å². The topological polar surface area (TPSA) is 32.3 Å². The number of amides is 1. The fourth-order valence-corrected chi connectivity index (χ4v) is 4.24. The molecule has 6 heteroatoms. The molecule has 0 saturated carbocycles. The Bertz CT molecular complexity index is 1030. The van der Waals surface area contributed by atoms with Gasteiger partial charge in [-0.2, -0.15) is 0 Å². The van der Waals surface area contributed by atoms with Crippen LogP contribution in [-0.2, 0) is 11.2 Å². The predicted octanol–water partition coefficient (Wildman–Crippen LogP) is 4.67. The van der Waals surface area contributed by atoms with Crippen LogP contribution in [0.1, 0.15) is 29.0 Å². The van der Waals surface area contributed by atoms with Crippen molar-refractivity contribution in [3.63, 3.8) is 0 Å². The van der Waals surface area contributed by atoms with Gasteiger partial charge < -0.3 is 10.2 Å². The van der Waals surface area contributed by atoms with Gasteiger partial charge in [0.15, 0.2) is 0 Å². The fraction of sp³-hybridized carbons (Fsp3) is 0.269. The van der Waals surface area contributed by atoms with Crippen LogP contribution in [0.4, 0.5) is 13.2 Å². The van der Waals surface area contributed by atoms with Gasteiger partial charge in [0.2, 0.25) is 5.91 Å². The van der Waals surface area contributed by atoms with Crippen LogP contribution >= 0.6 is 0 Å². The molecule has 1 fully saturated rings. The van der Waals surface area contributed by atoms with Crippen molar-refractivity contribution in [3.05, 3.63) is 107 Å². The summed E-state index contributed by atoms with van der Waals surface area (Å²) in [6, 6.07) is 18.3. The van der Waals surface area contributed by atoms with Crippen LogP contribution in [0.5, 0.6) is 0 Å². The maximum absolute atomic E-state index is 14.5. The molecule has 3 aromatic rings. The molecule has 0 aromatic heterocycles. The molecule has 0 aliphatic carbocycles. The minimum atomic E-state index is -1.06. The molecule has 4 rings (SSSR count). The molecule has 1 atom stereocenters. The summed E-state index contributed by atoms with van der Waals surface area (Å²) in [6.07, 6.45) is 1.55. The number of carbonyl (C=O) groups is 1. The van der Waals surface area contributed by atoms with Gasteiger partial charge in [-0.3, -0.25) is 4.79 Å². The minimum absolute atomic E-state index is 0.100. The lowest BCUT2D eigenvalue weighted by atomic mass is 9.89. The summed E-state index contributed by atoms with van der Waals surface area (Å²) >= 11 is 0. The number of rotatable bonds is 7. The summed E-state index contributed by atoms with van der Waals surface area (Å²) in [6.45, 7) is 2.27. The van der Waals surface area contributed by atoms with Crippen LogP contribution < -0.4 is 5.32 Å². The van der Waals surface area contributed by atoms with Crippen molar-refractivity contribution in [1.82, 2.24) is 10.2 Å². The second kappa shape index (κ2) is 10.0. The van der Waals surface area contributed by atoms with Crippen LogP contribution in [-0.4, -0.2) is 36.5 Å². The Morgan fingerprint density at radius 1 is 0.906 bits per heavy atom. The zero-order chi connectivity index (χ0) is 22.5. The van der Waals surface area contributed by atoms with Crippen molar-refractivity contribution in [1.29, 1.82) is 0 Å². The Morgan fingerprint density at radius 3 is 2.09 bits per heavy atom. The molecule has 1 amide bonds. The predicted molar refractivity (Wildman–Crippen MR) is 118 cm³/mol. The summed E-state index contributed by atoms with van der Waals surface area (Å²) < 4.78 is 42.2. The maximum atomic E-state index is 14.5. The molecule has 166 valence electrons. The third kappa shape index (κ3) is 5.19. The first-order valence-corrected chi connectivity index (χ1v) is 10.8. The van der Waals surface area contributed by atoms with Crippen LogP contribution in [0, 0.1) is 17.5 Å². The van der Waals surface area contributed by atoms with Gasteiger partial charge in [0.1, 0.15) is 17.5 Å². The number of nitrogens with one attached hydrogen (secondary N) is 1. The SMILES string of the molecule is O=C(NC1CCN(CCc2ccc(F)cc2)C1)C(c1ccccc1F)c1ccccc1F. The molecule has 1 aliphatic heterocycles. The number of likely N-dealkylation sites (tertiary alicyclic amines) is 1. The lowest BCUT2D eigenvalue weighted by Gasteiger charge is -2.22. The lowest BCUT2D eigenvalue weighted by Crippen LogP contribution is -2.40. The first kappa shape index (κ1) is 22.1. The van der Waals surface area contributed by atoms with Crippen LogP contribution in [0.25, 0.3) is 0 Å². The van der Waals surface area contributed by atoms with Crippen molar-refractivity contribution in [2.24, 2.45) is 0 Å². The maximum Gasteiger partial charge on any atom is 0.232 e. The molecule has 1 unspecified atom stereocenters. The first-order valence-electron chi connectivity index (χ1n) is 10.8. The van der Waals surface area contributed by atoms with Gasteiger partial charge in [-0.1, -0.05) is 48.5 Å². The summed E-state index contributed by atoms with van der Waals surface area (Å²) in [7, 11) is 0. The molecule has 3 nitrogen and oxygen atoms in total. The third-order valence-corrected chi connectivity index (χ3v) is 5.94. The Labute approximate surface area is 185 Å². The standard InChI is InChI=1S/C26H25F3N2O/c27-19-11-9-18(10-12-19)13-15-31-16-14-20(17-31)30-26(32)25(21-5-1-3-7-23(21)28)22-6-2-4-8-24(22)29/h1-12,20,25H,13-17H2,(H,30,32). The van der Waals surface area contributed by atoms with E-state index in [9.17, 15) is 18.0 Å². The van der Waals surface area contributed by atoms with Gasteiger partial charge in [-0.05, 0) is 42.7 Å². The van der Waals surface area contributed by atoms with Crippen molar-refractivity contribution in [3.8, 4) is 0 Å². The van der Waals surface area contributed by atoms with E-state index in [1.54, 1.807) is 36.4 Å². The number of halogens is 3. The lowest BCUT2D eigenvalue weighted by molar-refractivity contribution is -0.122.